The topological polar surface area (TPSA) is 130 Å². The number of carboxylic acids is 2. The molecule has 0 saturated heterocycles. The summed E-state index contributed by atoms with van der Waals surface area (Å²) >= 11 is 0. The summed E-state index contributed by atoms with van der Waals surface area (Å²) < 4.78 is 0. The van der Waals surface area contributed by atoms with E-state index in [1.165, 1.54) is 36.4 Å². The highest BCUT2D eigenvalue weighted by Crippen LogP contribution is 2.25. The van der Waals surface area contributed by atoms with Gasteiger partial charge in [0.2, 0.25) is 0 Å². The normalized spacial score (nSPS) is 10.0. The van der Waals surface area contributed by atoms with Crippen LogP contribution in [0.3, 0.4) is 0 Å². The number of carbonyl (C=O) groups is 2. The van der Waals surface area contributed by atoms with Crippen LogP contribution in [0.2, 0.25) is 0 Å². The van der Waals surface area contributed by atoms with Crippen molar-refractivity contribution in [3.63, 3.8) is 0 Å². The average molecular weight is 302 g/mol. The second kappa shape index (κ2) is 5.92. The molecule has 0 aliphatic carbocycles. The number of nitro groups is 1. The SMILES string of the molecule is O=C(O)c1ccc(Nc2ccc([N+](=O)[O-])cc2C(=O)O)cc1. The maximum absolute atomic E-state index is 11.2. The van der Waals surface area contributed by atoms with Crippen LogP contribution in [0.5, 0.6) is 0 Å². The Hall–Kier alpha value is -3.42. The highest BCUT2D eigenvalue weighted by molar-refractivity contribution is 5.96. The number of hydrogen-bond acceptors (Lipinski definition) is 5. The number of nitrogens with zero attached hydrogens (tertiary/aromatic N) is 1. The van der Waals surface area contributed by atoms with E-state index in [0.29, 0.717) is 5.69 Å². The summed E-state index contributed by atoms with van der Waals surface area (Å²) in [6, 6.07) is 9.07. The van der Waals surface area contributed by atoms with Crippen molar-refractivity contribution >= 4 is 29.0 Å². The monoisotopic (exact) mass is 302 g/mol. The lowest BCUT2D eigenvalue weighted by Crippen LogP contribution is -2.04. The van der Waals surface area contributed by atoms with Crippen LogP contribution in [0.4, 0.5) is 17.1 Å². The molecule has 0 radical (unpaired) electrons. The zero-order chi connectivity index (χ0) is 16.3. The van der Waals surface area contributed by atoms with E-state index < -0.39 is 16.9 Å². The average Bonchev–Trinajstić information content (AvgIpc) is 2.47. The number of hydrogen-bond donors (Lipinski definition) is 3. The smallest absolute Gasteiger partial charge is 0.338 e. The third-order valence-corrected chi connectivity index (χ3v) is 2.86. The fourth-order valence-corrected chi connectivity index (χ4v) is 1.78. The first-order valence-electron chi connectivity index (χ1n) is 6.00. The Bertz CT molecular complexity index is 754. The van der Waals surface area contributed by atoms with E-state index in [1.54, 1.807) is 0 Å². The Morgan fingerprint density at radius 1 is 1.00 bits per heavy atom. The van der Waals surface area contributed by atoms with Gasteiger partial charge in [0.25, 0.3) is 5.69 Å². The summed E-state index contributed by atoms with van der Waals surface area (Å²) in [6.07, 6.45) is 0. The molecular weight excluding hydrogens is 292 g/mol. The number of nitrogens with one attached hydrogen (secondary N) is 1. The molecule has 0 saturated carbocycles. The molecule has 0 fully saturated rings. The summed E-state index contributed by atoms with van der Waals surface area (Å²) in [7, 11) is 0. The Labute approximate surface area is 123 Å². The molecule has 0 aromatic heterocycles. The van der Waals surface area contributed by atoms with Crippen molar-refractivity contribution in [2.45, 2.75) is 0 Å². The molecule has 0 bridgehead atoms. The van der Waals surface area contributed by atoms with Gasteiger partial charge in [-0.3, -0.25) is 10.1 Å². The van der Waals surface area contributed by atoms with Crippen LogP contribution in [0.1, 0.15) is 20.7 Å². The van der Waals surface area contributed by atoms with Crippen LogP contribution in [-0.4, -0.2) is 27.1 Å². The summed E-state index contributed by atoms with van der Waals surface area (Å²) in [4.78, 5) is 31.9. The van der Waals surface area contributed by atoms with Crippen molar-refractivity contribution in [3.05, 3.63) is 63.7 Å². The van der Waals surface area contributed by atoms with Gasteiger partial charge in [0.15, 0.2) is 0 Å². The number of carboxylic acid groups (broad SMARTS) is 2. The van der Waals surface area contributed by atoms with Crippen molar-refractivity contribution in [3.8, 4) is 0 Å². The van der Waals surface area contributed by atoms with Crippen LogP contribution < -0.4 is 5.32 Å². The zero-order valence-electron chi connectivity index (χ0n) is 11.0. The first kappa shape index (κ1) is 15.0. The minimum absolute atomic E-state index is 0.0905. The Morgan fingerprint density at radius 2 is 1.64 bits per heavy atom. The first-order valence-corrected chi connectivity index (χ1v) is 6.00. The molecule has 2 rings (SSSR count). The van der Waals surface area contributed by atoms with Gasteiger partial charge in [-0.15, -0.1) is 0 Å². The van der Waals surface area contributed by atoms with E-state index in [4.69, 9.17) is 10.2 Å². The molecular formula is C14H10N2O6. The number of benzene rings is 2. The first-order chi connectivity index (χ1) is 10.4. The van der Waals surface area contributed by atoms with Gasteiger partial charge >= 0.3 is 11.9 Å². The molecule has 0 heterocycles. The Kier molecular flexibility index (Phi) is 4.03. The van der Waals surface area contributed by atoms with Gasteiger partial charge in [-0.1, -0.05) is 0 Å². The van der Waals surface area contributed by atoms with E-state index in [2.05, 4.69) is 5.32 Å². The standard InChI is InChI=1S/C14H10N2O6/c17-13(18)8-1-3-9(4-2-8)15-12-6-5-10(16(21)22)7-11(12)14(19)20/h1-7,15H,(H,17,18)(H,19,20). The second-order valence-corrected chi connectivity index (χ2v) is 4.30. The molecule has 0 unspecified atom stereocenters. The maximum Gasteiger partial charge on any atom is 0.338 e. The Morgan fingerprint density at radius 3 is 2.14 bits per heavy atom. The van der Waals surface area contributed by atoms with Gasteiger partial charge in [-0.25, -0.2) is 9.59 Å². The van der Waals surface area contributed by atoms with Crippen LogP contribution in [0.25, 0.3) is 0 Å². The predicted octanol–water partition coefficient (Wildman–Crippen LogP) is 2.73. The fourth-order valence-electron chi connectivity index (χ4n) is 1.78. The molecule has 8 nitrogen and oxygen atoms in total. The molecule has 22 heavy (non-hydrogen) atoms. The lowest BCUT2D eigenvalue weighted by Gasteiger charge is -2.09. The second-order valence-electron chi connectivity index (χ2n) is 4.30. The minimum atomic E-state index is -1.31. The lowest BCUT2D eigenvalue weighted by atomic mass is 10.1. The molecule has 0 atom stereocenters. The lowest BCUT2D eigenvalue weighted by molar-refractivity contribution is -0.384. The number of anilines is 2. The van der Waals surface area contributed by atoms with Gasteiger partial charge in [0.1, 0.15) is 0 Å². The van der Waals surface area contributed by atoms with Crippen molar-refractivity contribution in [2.24, 2.45) is 0 Å². The summed E-state index contributed by atoms with van der Waals surface area (Å²) in [6.45, 7) is 0. The Balaban J connectivity index is 2.34. The molecule has 112 valence electrons. The van der Waals surface area contributed by atoms with Gasteiger partial charge in [-0.05, 0) is 30.3 Å². The van der Waals surface area contributed by atoms with E-state index in [0.717, 1.165) is 6.07 Å². The number of non-ortho nitro benzene ring substituents is 1. The highest BCUT2D eigenvalue weighted by atomic mass is 16.6. The number of rotatable bonds is 5. The number of aromatic carboxylic acids is 2. The van der Waals surface area contributed by atoms with E-state index in [-0.39, 0.29) is 22.5 Å². The molecule has 0 amide bonds. The largest absolute Gasteiger partial charge is 0.478 e. The molecule has 2 aromatic rings. The van der Waals surface area contributed by atoms with Crippen molar-refractivity contribution < 1.29 is 24.7 Å². The van der Waals surface area contributed by atoms with E-state index in [1.807, 2.05) is 0 Å². The fraction of sp³-hybridized carbons (Fsp3) is 0. The van der Waals surface area contributed by atoms with Gasteiger partial charge < -0.3 is 15.5 Å². The summed E-state index contributed by atoms with van der Waals surface area (Å²) in [5, 5.41) is 31.4. The molecule has 2 aromatic carbocycles. The van der Waals surface area contributed by atoms with Crippen molar-refractivity contribution in [1.82, 2.24) is 0 Å². The summed E-state index contributed by atoms with van der Waals surface area (Å²) in [5.74, 6) is -2.39. The zero-order valence-corrected chi connectivity index (χ0v) is 11.0. The molecule has 3 N–H and O–H groups in total. The third kappa shape index (κ3) is 3.18. The van der Waals surface area contributed by atoms with Crippen molar-refractivity contribution in [1.29, 1.82) is 0 Å². The molecule has 0 aliphatic rings. The highest BCUT2D eigenvalue weighted by Gasteiger charge is 2.16. The van der Waals surface area contributed by atoms with E-state index in [9.17, 15) is 19.7 Å². The summed E-state index contributed by atoms with van der Waals surface area (Å²) in [5.41, 5.74) is 0.135. The van der Waals surface area contributed by atoms with Crippen LogP contribution in [0, 0.1) is 10.1 Å². The van der Waals surface area contributed by atoms with Gasteiger partial charge in [0, 0.05) is 17.8 Å². The molecule has 0 spiro atoms. The molecule has 0 aliphatic heterocycles. The van der Waals surface area contributed by atoms with Crippen molar-refractivity contribution in [2.75, 3.05) is 5.32 Å². The minimum Gasteiger partial charge on any atom is -0.478 e. The van der Waals surface area contributed by atoms with Crippen LogP contribution in [0.15, 0.2) is 42.5 Å². The number of nitro benzene ring substituents is 1. The van der Waals surface area contributed by atoms with Gasteiger partial charge in [-0.2, -0.15) is 0 Å². The van der Waals surface area contributed by atoms with Gasteiger partial charge in [0.05, 0.1) is 21.7 Å². The third-order valence-electron chi connectivity index (χ3n) is 2.86. The maximum atomic E-state index is 11.2. The molecule has 8 heteroatoms. The quantitative estimate of drug-likeness (QED) is 0.571. The van der Waals surface area contributed by atoms with Crippen LogP contribution >= 0.6 is 0 Å². The van der Waals surface area contributed by atoms with E-state index >= 15 is 0 Å². The van der Waals surface area contributed by atoms with Crippen LogP contribution in [-0.2, 0) is 0 Å². The predicted molar refractivity (Wildman–Crippen MR) is 76.7 cm³/mol.